The zero-order chi connectivity index (χ0) is 20.8. The number of hydrogen-bond donors (Lipinski definition) is 3. The van der Waals surface area contributed by atoms with Crippen molar-refractivity contribution in [3.63, 3.8) is 0 Å². The van der Waals surface area contributed by atoms with Crippen LogP contribution in [0.4, 0.5) is 0 Å². The first-order valence-electron chi connectivity index (χ1n) is 10.8. The maximum Gasteiger partial charge on any atom is 0.230 e. The molecule has 5 rings (SSSR count). The molecule has 5 nitrogen and oxygen atoms in total. The van der Waals surface area contributed by atoms with Crippen molar-refractivity contribution in [2.24, 2.45) is 0 Å². The summed E-state index contributed by atoms with van der Waals surface area (Å²) in [5, 5.41) is 14.5. The topological polar surface area (TPSA) is 73.8 Å². The van der Waals surface area contributed by atoms with Gasteiger partial charge >= 0.3 is 0 Å². The minimum atomic E-state index is -0.0442. The van der Waals surface area contributed by atoms with E-state index in [9.17, 15) is 5.11 Å². The smallest absolute Gasteiger partial charge is 0.230 e. The second kappa shape index (κ2) is 7.40. The van der Waals surface area contributed by atoms with Gasteiger partial charge < -0.3 is 15.4 Å². The summed E-state index contributed by atoms with van der Waals surface area (Å²) in [4.78, 5) is 12.3. The van der Waals surface area contributed by atoms with Crippen LogP contribution in [0.5, 0.6) is 5.88 Å². The van der Waals surface area contributed by atoms with Crippen LogP contribution < -0.4 is 5.32 Å². The highest BCUT2D eigenvalue weighted by Gasteiger charge is 2.20. The van der Waals surface area contributed by atoms with Crippen molar-refractivity contribution in [1.82, 2.24) is 20.3 Å². The van der Waals surface area contributed by atoms with E-state index in [1.165, 1.54) is 41.1 Å². The first-order valence-corrected chi connectivity index (χ1v) is 10.8. The number of aromatic amines is 1. The van der Waals surface area contributed by atoms with Crippen LogP contribution >= 0.6 is 0 Å². The molecule has 0 aliphatic carbocycles. The third-order valence-corrected chi connectivity index (χ3v) is 6.37. The summed E-state index contributed by atoms with van der Waals surface area (Å²) in [6, 6.07) is 11.2. The average Bonchev–Trinajstić information content (AvgIpc) is 3.14. The first kappa shape index (κ1) is 19.1. The fourth-order valence-corrected chi connectivity index (χ4v) is 4.89. The van der Waals surface area contributed by atoms with E-state index in [4.69, 9.17) is 0 Å². The number of rotatable bonds is 3. The monoisotopic (exact) mass is 400 g/mol. The number of nitrogens with one attached hydrogen (secondary N) is 2. The second-order valence-electron chi connectivity index (χ2n) is 8.79. The molecule has 4 aromatic rings. The zero-order valence-corrected chi connectivity index (χ0v) is 17.8. The highest BCUT2D eigenvalue weighted by molar-refractivity contribution is 5.94. The molecule has 1 aliphatic heterocycles. The summed E-state index contributed by atoms with van der Waals surface area (Å²) < 4.78 is 0. The lowest BCUT2D eigenvalue weighted by Crippen LogP contribution is -2.26. The predicted octanol–water partition coefficient (Wildman–Crippen LogP) is 5.38. The second-order valence-corrected chi connectivity index (χ2v) is 8.79. The predicted molar refractivity (Wildman–Crippen MR) is 122 cm³/mol. The number of hydrogen-bond acceptors (Lipinski definition) is 4. The van der Waals surface area contributed by atoms with Crippen molar-refractivity contribution in [3.8, 4) is 17.1 Å². The molecule has 154 valence electrons. The van der Waals surface area contributed by atoms with Gasteiger partial charge in [-0.1, -0.05) is 19.9 Å². The zero-order valence-electron chi connectivity index (χ0n) is 17.8. The van der Waals surface area contributed by atoms with E-state index >= 15 is 0 Å². The number of piperidine rings is 1. The van der Waals surface area contributed by atoms with Crippen molar-refractivity contribution < 1.29 is 5.11 Å². The van der Waals surface area contributed by atoms with E-state index < -0.39 is 0 Å². The Hall–Kier alpha value is -2.92. The lowest BCUT2D eigenvalue weighted by molar-refractivity contribution is 0.453. The molecule has 1 aliphatic rings. The maximum absolute atomic E-state index is 9.70. The maximum atomic E-state index is 9.70. The number of H-pyrrole nitrogens is 1. The van der Waals surface area contributed by atoms with Crippen molar-refractivity contribution in [2.75, 3.05) is 13.1 Å². The summed E-state index contributed by atoms with van der Waals surface area (Å²) in [5.41, 5.74) is 8.81. The number of nitrogens with zero attached hydrogens (tertiary/aromatic N) is 2. The van der Waals surface area contributed by atoms with E-state index in [1.807, 2.05) is 6.92 Å². The quantitative estimate of drug-likeness (QED) is 0.431. The molecule has 0 radical (unpaired) electrons. The van der Waals surface area contributed by atoms with Gasteiger partial charge in [0.1, 0.15) is 0 Å². The molecule has 5 heteroatoms. The van der Waals surface area contributed by atoms with Crippen molar-refractivity contribution in [1.29, 1.82) is 0 Å². The number of aromatic nitrogens is 3. The molecule has 0 bridgehead atoms. The summed E-state index contributed by atoms with van der Waals surface area (Å²) in [7, 11) is 0. The van der Waals surface area contributed by atoms with E-state index in [0.717, 1.165) is 40.9 Å². The third-order valence-electron chi connectivity index (χ3n) is 6.37. The van der Waals surface area contributed by atoms with Crippen molar-refractivity contribution >= 4 is 21.9 Å². The molecule has 0 amide bonds. The molecule has 1 saturated heterocycles. The van der Waals surface area contributed by atoms with Crippen LogP contribution in [0.15, 0.2) is 36.5 Å². The van der Waals surface area contributed by atoms with Gasteiger partial charge in [0.2, 0.25) is 5.88 Å². The summed E-state index contributed by atoms with van der Waals surface area (Å²) in [5.74, 6) is 0.982. The molecular weight excluding hydrogens is 372 g/mol. The van der Waals surface area contributed by atoms with Crippen LogP contribution in [0.25, 0.3) is 33.2 Å². The molecule has 0 unspecified atom stereocenters. The van der Waals surface area contributed by atoms with Gasteiger partial charge in [-0.25, -0.2) is 9.97 Å². The molecule has 0 spiro atoms. The van der Waals surface area contributed by atoms with E-state index in [1.54, 1.807) is 0 Å². The number of aryl methyl sites for hydroxylation is 1. The first-order chi connectivity index (χ1) is 14.5. The van der Waals surface area contributed by atoms with Gasteiger partial charge in [0, 0.05) is 16.5 Å². The summed E-state index contributed by atoms with van der Waals surface area (Å²) in [6.07, 6.45) is 3.82. The average molecular weight is 401 g/mol. The van der Waals surface area contributed by atoms with E-state index in [0.29, 0.717) is 11.8 Å². The van der Waals surface area contributed by atoms with Crippen LogP contribution in [-0.4, -0.2) is 33.1 Å². The molecule has 2 aromatic carbocycles. The highest BCUT2D eigenvalue weighted by atomic mass is 16.3. The fraction of sp³-hybridized carbons (Fsp3) is 0.360. The Balaban J connectivity index is 1.68. The normalized spacial score (nSPS) is 15.5. The van der Waals surface area contributed by atoms with E-state index in [2.05, 4.69) is 64.4 Å². The lowest BCUT2D eigenvalue weighted by Gasteiger charge is -2.23. The van der Waals surface area contributed by atoms with Crippen LogP contribution in [0.3, 0.4) is 0 Å². The largest absolute Gasteiger partial charge is 0.492 e. The number of aromatic hydroxyl groups is 1. The molecule has 2 aromatic heterocycles. The van der Waals surface area contributed by atoms with Gasteiger partial charge in [-0.2, -0.15) is 0 Å². The van der Waals surface area contributed by atoms with E-state index in [-0.39, 0.29) is 5.88 Å². The molecule has 3 heterocycles. The highest BCUT2D eigenvalue weighted by Crippen LogP contribution is 2.39. The van der Waals surface area contributed by atoms with Crippen LogP contribution in [0, 0.1) is 6.92 Å². The molecule has 0 atom stereocenters. The summed E-state index contributed by atoms with van der Waals surface area (Å²) in [6.45, 7) is 8.74. The van der Waals surface area contributed by atoms with Gasteiger partial charge in [-0.05, 0) is 85.6 Å². The van der Waals surface area contributed by atoms with Gasteiger partial charge in [0.05, 0.1) is 22.9 Å². The Labute approximate surface area is 176 Å². The Morgan fingerprint density at radius 2 is 1.90 bits per heavy atom. The van der Waals surface area contributed by atoms with Crippen LogP contribution in [0.1, 0.15) is 55.2 Å². The minimum absolute atomic E-state index is 0.0442. The number of benzene rings is 2. The third kappa shape index (κ3) is 3.23. The van der Waals surface area contributed by atoms with Crippen molar-refractivity contribution in [2.45, 2.75) is 45.4 Å². The number of fused-ring (bicyclic) bond motifs is 2. The Morgan fingerprint density at radius 1 is 1.10 bits per heavy atom. The van der Waals surface area contributed by atoms with Crippen LogP contribution in [-0.2, 0) is 0 Å². The molecule has 3 N–H and O–H groups in total. The summed E-state index contributed by atoms with van der Waals surface area (Å²) >= 11 is 0. The Morgan fingerprint density at radius 3 is 2.67 bits per heavy atom. The van der Waals surface area contributed by atoms with Crippen molar-refractivity contribution in [3.05, 3.63) is 53.2 Å². The molecule has 1 fully saturated rings. The molecule has 30 heavy (non-hydrogen) atoms. The minimum Gasteiger partial charge on any atom is -0.492 e. The Bertz CT molecular complexity index is 1240. The Kier molecular flexibility index (Phi) is 4.70. The van der Waals surface area contributed by atoms with Gasteiger partial charge in [-0.3, -0.25) is 0 Å². The van der Waals surface area contributed by atoms with Crippen LogP contribution in [0.2, 0.25) is 0 Å². The molecular formula is C25H28N4O. The standard InChI is InChI=1S/C25H28N4O/c1-14(2)23-19-11-17(16-6-8-26-9-7-16)4-5-20(19)28-25(23)18-10-15(3)24-21(12-18)27-13-22(30)29-24/h4-5,10-14,16,26,28H,6-9H2,1-3H3,(H,29,30). The molecule has 0 saturated carbocycles. The van der Waals surface area contributed by atoms with Gasteiger partial charge in [0.15, 0.2) is 0 Å². The fourth-order valence-electron chi connectivity index (χ4n) is 4.89. The SMILES string of the molecule is Cc1cc(-c2[nH]c3ccc(C4CCNCC4)cc3c2C(C)C)cc2ncc(O)nc12. The van der Waals surface area contributed by atoms with Gasteiger partial charge in [0.25, 0.3) is 0 Å². The van der Waals surface area contributed by atoms with Gasteiger partial charge in [-0.15, -0.1) is 0 Å². The lowest BCUT2D eigenvalue weighted by atomic mass is 9.88.